The van der Waals surface area contributed by atoms with Crippen molar-refractivity contribution >= 4 is 11.6 Å². The van der Waals surface area contributed by atoms with Crippen molar-refractivity contribution in [3.8, 4) is 11.5 Å². The van der Waals surface area contributed by atoms with Crippen LogP contribution in [0.1, 0.15) is 11.1 Å². The zero-order valence-electron chi connectivity index (χ0n) is 10.7. The van der Waals surface area contributed by atoms with Gasteiger partial charge in [0, 0.05) is 11.6 Å². The molecule has 0 bridgehead atoms. The van der Waals surface area contributed by atoms with E-state index in [4.69, 9.17) is 26.8 Å². The average molecular weight is 278 g/mol. The first-order chi connectivity index (χ1) is 9.22. The Kier molecular flexibility index (Phi) is 4.66. The van der Waals surface area contributed by atoms with E-state index >= 15 is 0 Å². The van der Waals surface area contributed by atoms with Gasteiger partial charge in [-0.25, -0.2) is 0 Å². The molecule has 0 aliphatic rings. The summed E-state index contributed by atoms with van der Waals surface area (Å²) < 4.78 is 11.0. The Morgan fingerprint density at radius 1 is 1.05 bits per heavy atom. The smallest absolute Gasteiger partial charge is 0.161 e. The zero-order valence-corrected chi connectivity index (χ0v) is 11.5. The van der Waals surface area contributed by atoms with E-state index in [0.717, 1.165) is 11.1 Å². The molecule has 0 aliphatic heterocycles. The summed E-state index contributed by atoms with van der Waals surface area (Å²) in [5.74, 6) is 1.38. The molecule has 0 spiro atoms. The first-order valence-electron chi connectivity index (χ1n) is 5.97. The highest BCUT2D eigenvalue weighted by Crippen LogP contribution is 2.28. The lowest BCUT2D eigenvalue weighted by Gasteiger charge is -2.12. The van der Waals surface area contributed by atoms with Crippen LogP contribution in [0.3, 0.4) is 0 Å². The summed E-state index contributed by atoms with van der Waals surface area (Å²) in [6.07, 6.45) is 0. The van der Waals surface area contributed by atoms with Crippen molar-refractivity contribution in [2.75, 3.05) is 7.11 Å². The van der Waals surface area contributed by atoms with Crippen LogP contribution >= 0.6 is 11.6 Å². The molecule has 0 fully saturated rings. The zero-order chi connectivity index (χ0) is 13.7. The Balaban J connectivity index is 2.14. The van der Waals surface area contributed by atoms with E-state index < -0.39 is 0 Å². The second kappa shape index (κ2) is 6.45. The number of halogens is 1. The fourth-order valence-corrected chi connectivity index (χ4v) is 1.96. The Bertz CT molecular complexity index is 558. The second-order valence-electron chi connectivity index (χ2n) is 4.11. The van der Waals surface area contributed by atoms with Crippen LogP contribution in [0.2, 0.25) is 5.02 Å². The molecule has 0 saturated carbocycles. The highest BCUT2D eigenvalue weighted by Gasteiger charge is 2.06. The van der Waals surface area contributed by atoms with E-state index in [1.54, 1.807) is 7.11 Å². The van der Waals surface area contributed by atoms with Crippen LogP contribution in [0.25, 0.3) is 0 Å². The lowest BCUT2D eigenvalue weighted by Crippen LogP contribution is -2.01. The Hall–Kier alpha value is -1.71. The molecule has 2 rings (SSSR count). The maximum Gasteiger partial charge on any atom is 0.161 e. The quantitative estimate of drug-likeness (QED) is 0.911. The second-order valence-corrected chi connectivity index (χ2v) is 4.54. The Morgan fingerprint density at radius 2 is 1.89 bits per heavy atom. The molecule has 3 nitrogen and oxygen atoms in total. The minimum atomic E-state index is 0.435. The van der Waals surface area contributed by atoms with E-state index in [1.807, 2.05) is 42.5 Å². The third-order valence-corrected chi connectivity index (χ3v) is 2.98. The molecule has 0 heterocycles. The molecular weight excluding hydrogens is 262 g/mol. The molecule has 0 radical (unpaired) electrons. The van der Waals surface area contributed by atoms with Crippen LogP contribution in [-0.4, -0.2) is 7.11 Å². The van der Waals surface area contributed by atoms with E-state index in [0.29, 0.717) is 29.7 Å². The number of nitrogens with two attached hydrogens (primary N) is 1. The average Bonchev–Trinajstić information content (AvgIpc) is 2.45. The molecule has 0 aromatic heterocycles. The van der Waals surface area contributed by atoms with Gasteiger partial charge in [-0.05, 0) is 35.4 Å². The molecule has 100 valence electrons. The molecule has 0 atom stereocenters. The van der Waals surface area contributed by atoms with E-state index in [2.05, 4.69) is 0 Å². The van der Waals surface area contributed by atoms with Crippen LogP contribution in [0.5, 0.6) is 11.5 Å². The molecule has 2 N–H and O–H groups in total. The van der Waals surface area contributed by atoms with Gasteiger partial charge in [-0.2, -0.15) is 0 Å². The standard InChI is InChI=1S/C15H16ClNO2/c1-18-14-6-5-11(9-17)8-15(14)19-10-12-3-2-4-13(16)7-12/h2-8H,9-10,17H2,1H3. The van der Waals surface area contributed by atoms with Crippen LogP contribution in [0, 0.1) is 0 Å². The van der Waals surface area contributed by atoms with Crippen molar-refractivity contribution in [2.24, 2.45) is 5.73 Å². The fraction of sp³-hybridized carbons (Fsp3) is 0.200. The van der Waals surface area contributed by atoms with Gasteiger partial charge in [0.25, 0.3) is 0 Å². The first kappa shape index (κ1) is 13.7. The third-order valence-electron chi connectivity index (χ3n) is 2.75. The largest absolute Gasteiger partial charge is 0.493 e. The van der Waals surface area contributed by atoms with E-state index in [1.165, 1.54) is 0 Å². The molecule has 2 aromatic carbocycles. The van der Waals surface area contributed by atoms with Crippen molar-refractivity contribution in [1.29, 1.82) is 0 Å². The molecule has 19 heavy (non-hydrogen) atoms. The highest BCUT2D eigenvalue weighted by atomic mass is 35.5. The summed E-state index contributed by atoms with van der Waals surface area (Å²) in [6.45, 7) is 0.905. The van der Waals surface area contributed by atoms with E-state index in [-0.39, 0.29) is 0 Å². The van der Waals surface area contributed by atoms with Crippen molar-refractivity contribution in [2.45, 2.75) is 13.2 Å². The third kappa shape index (κ3) is 3.63. The van der Waals surface area contributed by atoms with Gasteiger partial charge >= 0.3 is 0 Å². The van der Waals surface area contributed by atoms with Crippen molar-refractivity contribution in [1.82, 2.24) is 0 Å². The molecule has 4 heteroatoms. The number of benzene rings is 2. The molecule has 2 aromatic rings. The van der Waals surface area contributed by atoms with Gasteiger partial charge < -0.3 is 15.2 Å². The van der Waals surface area contributed by atoms with Crippen LogP contribution in [0.4, 0.5) is 0 Å². The van der Waals surface area contributed by atoms with Gasteiger partial charge in [-0.15, -0.1) is 0 Å². The summed E-state index contributed by atoms with van der Waals surface area (Å²) in [4.78, 5) is 0. The summed E-state index contributed by atoms with van der Waals surface area (Å²) in [7, 11) is 1.61. The van der Waals surface area contributed by atoms with Gasteiger partial charge in [-0.3, -0.25) is 0 Å². The van der Waals surface area contributed by atoms with Crippen molar-refractivity contribution in [3.05, 3.63) is 58.6 Å². The summed E-state index contributed by atoms with van der Waals surface area (Å²) in [5.41, 5.74) is 7.63. The topological polar surface area (TPSA) is 44.5 Å². The minimum Gasteiger partial charge on any atom is -0.493 e. The summed E-state index contributed by atoms with van der Waals surface area (Å²) >= 11 is 5.94. The molecule has 0 saturated heterocycles. The van der Waals surface area contributed by atoms with Crippen LogP contribution < -0.4 is 15.2 Å². The van der Waals surface area contributed by atoms with Gasteiger partial charge in [-0.1, -0.05) is 29.8 Å². The van der Waals surface area contributed by atoms with Gasteiger partial charge in [0.2, 0.25) is 0 Å². The normalized spacial score (nSPS) is 10.3. The highest BCUT2D eigenvalue weighted by molar-refractivity contribution is 6.30. The maximum atomic E-state index is 5.94. The minimum absolute atomic E-state index is 0.435. The molecule has 0 aliphatic carbocycles. The van der Waals surface area contributed by atoms with Crippen molar-refractivity contribution in [3.63, 3.8) is 0 Å². The number of hydrogen-bond donors (Lipinski definition) is 1. The Morgan fingerprint density at radius 3 is 2.58 bits per heavy atom. The van der Waals surface area contributed by atoms with Gasteiger partial charge in [0.05, 0.1) is 7.11 Å². The fourth-order valence-electron chi connectivity index (χ4n) is 1.75. The predicted octanol–water partition coefficient (Wildman–Crippen LogP) is 3.39. The van der Waals surface area contributed by atoms with Gasteiger partial charge in [0.15, 0.2) is 11.5 Å². The number of methoxy groups -OCH3 is 1. The SMILES string of the molecule is COc1ccc(CN)cc1OCc1cccc(Cl)c1. The number of ether oxygens (including phenoxy) is 2. The molecule has 0 amide bonds. The van der Waals surface area contributed by atoms with Gasteiger partial charge in [0.1, 0.15) is 6.61 Å². The first-order valence-corrected chi connectivity index (χ1v) is 6.35. The van der Waals surface area contributed by atoms with Crippen molar-refractivity contribution < 1.29 is 9.47 Å². The molecule has 0 unspecified atom stereocenters. The molecular formula is C15H16ClNO2. The monoisotopic (exact) mass is 277 g/mol. The Labute approximate surface area is 117 Å². The summed E-state index contributed by atoms with van der Waals surface area (Å²) in [6, 6.07) is 13.2. The van der Waals surface area contributed by atoms with Crippen LogP contribution in [-0.2, 0) is 13.2 Å². The maximum absolute atomic E-state index is 5.94. The number of hydrogen-bond acceptors (Lipinski definition) is 3. The predicted molar refractivity (Wildman–Crippen MR) is 76.7 cm³/mol. The van der Waals surface area contributed by atoms with E-state index in [9.17, 15) is 0 Å². The lowest BCUT2D eigenvalue weighted by molar-refractivity contribution is 0.284. The number of rotatable bonds is 5. The summed E-state index contributed by atoms with van der Waals surface area (Å²) in [5, 5.41) is 0.698. The van der Waals surface area contributed by atoms with Crippen LogP contribution in [0.15, 0.2) is 42.5 Å². The lowest BCUT2D eigenvalue weighted by atomic mass is 10.2.